The maximum absolute atomic E-state index is 12.2. The van der Waals surface area contributed by atoms with E-state index in [-0.39, 0.29) is 18.0 Å². The highest BCUT2D eigenvalue weighted by Gasteiger charge is 2.25. The molecule has 2 saturated carbocycles. The Morgan fingerprint density at radius 3 is 2.81 bits per heavy atom. The Morgan fingerprint density at radius 1 is 1.27 bits per heavy atom. The molecule has 2 aliphatic carbocycles. The zero-order valence-corrected chi connectivity index (χ0v) is 14.8. The molecule has 9 nitrogen and oxygen atoms in total. The first-order chi connectivity index (χ1) is 12.7. The van der Waals surface area contributed by atoms with Crippen molar-refractivity contribution in [3.05, 3.63) is 23.6 Å². The maximum atomic E-state index is 12.2. The number of carbonyl (C=O) groups excluding carboxylic acids is 1. The summed E-state index contributed by atoms with van der Waals surface area (Å²) in [5.74, 6) is 1.56. The third kappa shape index (κ3) is 3.77. The molecule has 2 aromatic heterocycles. The molecule has 2 aromatic rings. The van der Waals surface area contributed by atoms with Gasteiger partial charge in [-0.25, -0.2) is 4.68 Å². The van der Waals surface area contributed by atoms with Crippen LogP contribution in [0.5, 0.6) is 0 Å². The van der Waals surface area contributed by atoms with Crippen LogP contribution in [0.25, 0.3) is 0 Å². The Balaban J connectivity index is 1.25. The first kappa shape index (κ1) is 17.1. The van der Waals surface area contributed by atoms with E-state index < -0.39 is 0 Å². The van der Waals surface area contributed by atoms with E-state index in [4.69, 9.17) is 10.3 Å². The number of carbonyl (C=O) groups is 1. The fraction of sp³-hybridized carbons (Fsp3) is 0.706. The molecule has 9 heteroatoms. The third-order valence-corrected chi connectivity index (χ3v) is 5.43. The Hall–Kier alpha value is -2.29. The third-order valence-electron chi connectivity index (χ3n) is 5.43. The predicted molar refractivity (Wildman–Crippen MR) is 92.4 cm³/mol. The standard InChI is InChI=1S/C17H25N7O2/c18-12-4-6-13(7-5-12)24-10-14(21-23-24)16(25)19-9-8-15-20-17(26-22-15)11-2-1-3-11/h10-13H,1-9,18H2,(H,19,25). The molecular formula is C17H25N7O2. The number of aromatic nitrogens is 5. The Kier molecular flexibility index (Phi) is 4.96. The summed E-state index contributed by atoms with van der Waals surface area (Å²) in [7, 11) is 0. The molecule has 1 amide bonds. The first-order valence-corrected chi connectivity index (χ1v) is 9.47. The van der Waals surface area contributed by atoms with E-state index in [9.17, 15) is 4.79 Å². The van der Waals surface area contributed by atoms with Crippen molar-refractivity contribution in [2.24, 2.45) is 5.73 Å². The van der Waals surface area contributed by atoms with E-state index in [1.807, 2.05) is 0 Å². The molecule has 140 valence electrons. The van der Waals surface area contributed by atoms with Crippen LogP contribution in [0.1, 0.15) is 79.1 Å². The molecule has 2 aliphatic rings. The Bertz CT molecular complexity index is 744. The van der Waals surface area contributed by atoms with Crippen LogP contribution in [0.4, 0.5) is 0 Å². The maximum Gasteiger partial charge on any atom is 0.273 e. The van der Waals surface area contributed by atoms with Gasteiger partial charge in [0, 0.05) is 24.9 Å². The van der Waals surface area contributed by atoms with E-state index in [1.165, 1.54) is 6.42 Å². The predicted octanol–water partition coefficient (Wildman–Crippen LogP) is 1.34. The average Bonchev–Trinajstić information content (AvgIpc) is 3.24. The zero-order chi connectivity index (χ0) is 17.9. The zero-order valence-electron chi connectivity index (χ0n) is 14.8. The molecule has 0 aliphatic heterocycles. The second kappa shape index (κ2) is 7.53. The Morgan fingerprint density at radius 2 is 2.08 bits per heavy atom. The van der Waals surface area contributed by atoms with Crippen LogP contribution in [0.15, 0.2) is 10.7 Å². The SMILES string of the molecule is NC1CCC(n2cc(C(=O)NCCc3noc(C4CCC4)n3)nn2)CC1. The van der Waals surface area contributed by atoms with Crippen LogP contribution in [0, 0.1) is 0 Å². The summed E-state index contributed by atoms with van der Waals surface area (Å²) in [5, 5.41) is 14.9. The van der Waals surface area contributed by atoms with E-state index in [2.05, 4.69) is 25.8 Å². The van der Waals surface area contributed by atoms with Gasteiger partial charge in [0.1, 0.15) is 0 Å². The van der Waals surface area contributed by atoms with Crippen molar-refractivity contribution in [2.45, 2.75) is 69.4 Å². The van der Waals surface area contributed by atoms with Gasteiger partial charge < -0.3 is 15.6 Å². The van der Waals surface area contributed by atoms with Crippen LogP contribution in [0.3, 0.4) is 0 Å². The lowest BCUT2D eigenvalue weighted by molar-refractivity contribution is 0.0948. The fourth-order valence-electron chi connectivity index (χ4n) is 3.49. The number of nitrogens with one attached hydrogen (secondary N) is 1. The second-order valence-electron chi connectivity index (χ2n) is 7.33. The van der Waals surface area contributed by atoms with Crippen molar-refractivity contribution in [3.8, 4) is 0 Å². The van der Waals surface area contributed by atoms with Gasteiger partial charge in [-0.3, -0.25) is 4.79 Å². The van der Waals surface area contributed by atoms with Gasteiger partial charge >= 0.3 is 0 Å². The molecule has 2 fully saturated rings. The minimum absolute atomic E-state index is 0.230. The number of nitrogens with two attached hydrogens (primary N) is 1. The lowest BCUT2D eigenvalue weighted by Crippen LogP contribution is -2.28. The fourth-order valence-corrected chi connectivity index (χ4v) is 3.49. The minimum atomic E-state index is -0.230. The van der Waals surface area contributed by atoms with E-state index in [1.54, 1.807) is 10.9 Å². The highest BCUT2D eigenvalue weighted by molar-refractivity contribution is 5.91. The van der Waals surface area contributed by atoms with Crippen LogP contribution >= 0.6 is 0 Å². The minimum Gasteiger partial charge on any atom is -0.350 e. The molecule has 0 atom stereocenters. The summed E-state index contributed by atoms with van der Waals surface area (Å²) in [5.41, 5.74) is 6.27. The molecular weight excluding hydrogens is 334 g/mol. The molecule has 0 saturated heterocycles. The van der Waals surface area contributed by atoms with Gasteiger partial charge in [0.15, 0.2) is 11.5 Å². The highest BCUT2D eigenvalue weighted by atomic mass is 16.5. The lowest BCUT2D eigenvalue weighted by atomic mass is 9.85. The van der Waals surface area contributed by atoms with Crippen molar-refractivity contribution in [1.29, 1.82) is 0 Å². The summed E-state index contributed by atoms with van der Waals surface area (Å²) < 4.78 is 7.08. The second-order valence-corrected chi connectivity index (χ2v) is 7.33. The molecule has 0 bridgehead atoms. The largest absolute Gasteiger partial charge is 0.350 e. The molecule has 2 heterocycles. The monoisotopic (exact) mass is 359 g/mol. The van der Waals surface area contributed by atoms with Crippen molar-refractivity contribution >= 4 is 5.91 Å². The Labute approximate surface area is 151 Å². The summed E-state index contributed by atoms with van der Waals surface area (Å²) in [6.45, 7) is 0.438. The normalized spacial score (nSPS) is 23.6. The summed E-state index contributed by atoms with van der Waals surface area (Å²) in [6.07, 6.45) is 9.67. The van der Waals surface area contributed by atoms with Gasteiger partial charge in [0.2, 0.25) is 5.89 Å². The van der Waals surface area contributed by atoms with Gasteiger partial charge in [0.05, 0.1) is 12.2 Å². The van der Waals surface area contributed by atoms with E-state index in [0.717, 1.165) is 44.4 Å². The van der Waals surface area contributed by atoms with Gasteiger partial charge in [-0.05, 0) is 38.5 Å². The summed E-state index contributed by atoms with van der Waals surface area (Å²) >= 11 is 0. The number of hydrogen-bond donors (Lipinski definition) is 2. The number of amides is 1. The van der Waals surface area contributed by atoms with Crippen molar-refractivity contribution in [1.82, 2.24) is 30.5 Å². The number of nitrogens with zero attached hydrogens (tertiary/aromatic N) is 5. The molecule has 0 radical (unpaired) electrons. The van der Waals surface area contributed by atoms with Crippen LogP contribution in [-0.2, 0) is 6.42 Å². The smallest absolute Gasteiger partial charge is 0.273 e. The van der Waals surface area contributed by atoms with Crippen molar-refractivity contribution in [2.75, 3.05) is 6.54 Å². The highest BCUT2D eigenvalue weighted by Crippen LogP contribution is 2.35. The summed E-state index contributed by atoms with van der Waals surface area (Å²) in [6, 6.07) is 0.570. The van der Waals surface area contributed by atoms with Crippen LogP contribution in [0.2, 0.25) is 0 Å². The first-order valence-electron chi connectivity index (χ1n) is 9.47. The van der Waals surface area contributed by atoms with Crippen LogP contribution < -0.4 is 11.1 Å². The van der Waals surface area contributed by atoms with Crippen LogP contribution in [-0.4, -0.2) is 43.6 Å². The molecule has 26 heavy (non-hydrogen) atoms. The van der Waals surface area contributed by atoms with Crippen molar-refractivity contribution in [3.63, 3.8) is 0 Å². The molecule has 3 N–H and O–H groups in total. The van der Waals surface area contributed by atoms with Gasteiger partial charge in [-0.2, -0.15) is 4.98 Å². The van der Waals surface area contributed by atoms with Gasteiger partial charge in [-0.15, -0.1) is 5.10 Å². The molecule has 4 rings (SSSR count). The number of rotatable bonds is 6. The van der Waals surface area contributed by atoms with Gasteiger partial charge in [0.25, 0.3) is 5.91 Å². The molecule has 0 spiro atoms. The average molecular weight is 359 g/mol. The quantitative estimate of drug-likeness (QED) is 0.797. The molecule has 0 aromatic carbocycles. The summed E-state index contributed by atoms with van der Waals surface area (Å²) in [4.78, 5) is 16.6. The van der Waals surface area contributed by atoms with Crippen molar-refractivity contribution < 1.29 is 9.32 Å². The topological polar surface area (TPSA) is 125 Å². The number of hydrogen-bond acceptors (Lipinski definition) is 7. The van der Waals surface area contributed by atoms with E-state index >= 15 is 0 Å². The van der Waals surface area contributed by atoms with E-state index in [0.29, 0.717) is 30.4 Å². The molecule has 0 unspecified atom stereocenters. The van der Waals surface area contributed by atoms with Gasteiger partial charge in [-0.1, -0.05) is 16.8 Å². The lowest BCUT2D eigenvalue weighted by Gasteiger charge is -2.25.